The average molecular weight is 521 g/mol. The van der Waals surface area contributed by atoms with Gasteiger partial charge in [-0.2, -0.15) is 0 Å². The molecule has 8 nitrogen and oxygen atoms in total. The molecule has 10 heteroatoms. The number of hydrogen-bond acceptors (Lipinski definition) is 5. The van der Waals surface area contributed by atoms with Crippen LogP contribution < -0.4 is 9.21 Å². The number of fused-ring (bicyclic) bond motifs is 3. The van der Waals surface area contributed by atoms with E-state index in [4.69, 9.17) is 6.57 Å². The number of carbonyl (C=O) groups is 1. The maximum Gasteiger partial charge on any atom is 0.317 e. The van der Waals surface area contributed by atoms with Crippen LogP contribution in [-0.2, 0) is 14.8 Å². The molecule has 1 atom stereocenters. The maximum absolute atomic E-state index is 15.0. The van der Waals surface area contributed by atoms with Gasteiger partial charge in [0.25, 0.3) is 10.0 Å². The fraction of sp³-hybridized carbons (Fsp3) is 0.259. The average Bonchev–Trinajstić information content (AvgIpc) is 2.87. The highest BCUT2D eigenvalue weighted by molar-refractivity contribution is 7.92. The molecule has 2 heterocycles. The number of carboxylic acid groups (broad SMARTS) is 1. The van der Waals surface area contributed by atoms with Crippen LogP contribution in [0.2, 0.25) is 0 Å². The molecule has 5 rings (SSSR count). The van der Waals surface area contributed by atoms with Crippen LogP contribution in [0.15, 0.2) is 65.6 Å². The Hall–Kier alpha value is -3.94. The van der Waals surface area contributed by atoms with Crippen molar-refractivity contribution >= 4 is 33.1 Å². The molecule has 1 fully saturated rings. The summed E-state index contributed by atoms with van der Waals surface area (Å²) in [6.45, 7) is 10.5. The molecule has 0 saturated carbocycles. The van der Waals surface area contributed by atoms with Gasteiger partial charge in [-0.25, -0.2) is 17.7 Å². The minimum absolute atomic E-state index is 0.103. The molecule has 1 saturated heterocycles. The van der Waals surface area contributed by atoms with Crippen molar-refractivity contribution in [2.45, 2.75) is 17.9 Å². The molecule has 0 aromatic heterocycles. The summed E-state index contributed by atoms with van der Waals surface area (Å²) < 4.78 is 44.3. The molecule has 0 radical (unpaired) electrons. The van der Waals surface area contributed by atoms with Crippen LogP contribution in [0.1, 0.15) is 5.56 Å². The summed E-state index contributed by atoms with van der Waals surface area (Å²) in [4.78, 5) is 18.6. The van der Waals surface area contributed by atoms with Gasteiger partial charge in [-0.15, -0.1) is 0 Å². The Labute approximate surface area is 215 Å². The number of nitrogens with zero attached hydrogens (tertiary/aromatic N) is 4. The van der Waals surface area contributed by atoms with Gasteiger partial charge in [-0.05, 0) is 42.3 Å². The molecule has 3 aromatic carbocycles. The first kappa shape index (κ1) is 24.7. The van der Waals surface area contributed by atoms with Gasteiger partial charge in [-0.1, -0.05) is 36.4 Å². The quantitative estimate of drug-likeness (QED) is 0.509. The third-order valence-corrected chi connectivity index (χ3v) is 8.62. The first-order valence-corrected chi connectivity index (χ1v) is 13.2. The maximum atomic E-state index is 15.0. The van der Waals surface area contributed by atoms with E-state index in [-0.39, 0.29) is 35.3 Å². The SMILES string of the molecule is [C-]#[N+]c1cccc(-c2ccc3c(c2)N(S(=O)(=O)c2cccc(C)c2)C[C@@H]2CN(CC(=O)O)CCN32)c1F. The van der Waals surface area contributed by atoms with E-state index in [0.29, 0.717) is 36.6 Å². The summed E-state index contributed by atoms with van der Waals surface area (Å²) in [6.07, 6.45) is 0. The van der Waals surface area contributed by atoms with E-state index >= 15 is 4.39 Å². The predicted octanol–water partition coefficient (Wildman–Crippen LogP) is 4.14. The molecular formula is C27H25FN4O4S. The molecule has 1 N–H and O–H groups in total. The molecule has 0 amide bonds. The van der Waals surface area contributed by atoms with E-state index < -0.39 is 21.8 Å². The minimum Gasteiger partial charge on any atom is -0.480 e. The van der Waals surface area contributed by atoms with Crippen LogP contribution in [0.3, 0.4) is 0 Å². The Morgan fingerprint density at radius 1 is 1.08 bits per heavy atom. The van der Waals surface area contributed by atoms with Crippen molar-refractivity contribution in [2.75, 3.05) is 41.9 Å². The van der Waals surface area contributed by atoms with Crippen molar-refractivity contribution < 1.29 is 22.7 Å². The molecule has 190 valence electrons. The summed E-state index contributed by atoms with van der Waals surface area (Å²) in [5.41, 5.74) is 2.50. The highest BCUT2D eigenvalue weighted by Gasteiger charge is 2.40. The Kier molecular flexibility index (Phi) is 6.35. The molecule has 0 unspecified atom stereocenters. The molecule has 3 aromatic rings. The molecule has 2 aliphatic heterocycles. The zero-order valence-corrected chi connectivity index (χ0v) is 20.9. The van der Waals surface area contributed by atoms with E-state index in [9.17, 15) is 18.3 Å². The van der Waals surface area contributed by atoms with Crippen molar-refractivity contribution in [1.29, 1.82) is 0 Å². The first-order chi connectivity index (χ1) is 17.7. The second-order valence-corrected chi connectivity index (χ2v) is 11.1. The number of sulfonamides is 1. The third-order valence-electron chi connectivity index (χ3n) is 6.84. The Bertz CT molecular complexity index is 1540. The van der Waals surface area contributed by atoms with Crippen molar-refractivity contribution in [3.63, 3.8) is 0 Å². The fourth-order valence-electron chi connectivity index (χ4n) is 5.11. The van der Waals surface area contributed by atoms with E-state index in [1.165, 1.54) is 10.4 Å². The van der Waals surface area contributed by atoms with Crippen LogP contribution in [0, 0.1) is 19.3 Å². The smallest absolute Gasteiger partial charge is 0.317 e. The van der Waals surface area contributed by atoms with E-state index in [0.717, 1.165) is 5.56 Å². The highest BCUT2D eigenvalue weighted by Crippen LogP contribution is 2.43. The molecule has 0 spiro atoms. The lowest BCUT2D eigenvalue weighted by molar-refractivity contribution is -0.138. The fourth-order valence-corrected chi connectivity index (χ4v) is 6.72. The molecule has 0 aliphatic carbocycles. The van der Waals surface area contributed by atoms with Gasteiger partial charge in [0.15, 0.2) is 0 Å². The van der Waals surface area contributed by atoms with E-state index in [2.05, 4.69) is 9.74 Å². The van der Waals surface area contributed by atoms with Crippen LogP contribution >= 0.6 is 0 Å². The summed E-state index contributed by atoms with van der Waals surface area (Å²) in [7, 11) is -3.98. The highest BCUT2D eigenvalue weighted by atomic mass is 32.2. The Morgan fingerprint density at radius 3 is 2.59 bits per heavy atom. The van der Waals surface area contributed by atoms with Gasteiger partial charge in [0.05, 0.1) is 42.0 Å². The third kappa shape index (κ3) is 4.52. The van der Waals surface area contributed by atoms with E-state index in [1.54, 1.807) is 48.5 Å². The van der Waals surface area contributed by atoms with Crippen molar-refractivity contribution in [2.24, 2.45) is 0 Å². The number of aliphatic carboxylic acids is 1. The van der Waals surface area contributed by atoms with Gasteiger partial charge in [0, 0.05) is 25.2 Å². The summed E-state index contributed by atoms with van der Waals surface area (Å²) in [5, 5.41) is 9.26. The minimum atomic E-state index is -3.98. The lowest BCUT2D eigenvalue weighted by Gasteiger charge is -2.49. The summed E-state index contributed by atoms with van der Waals surface area (Å²) in [5.74, 6) is -1.58. The number of piperazine rings is 1. The van der Waals surface area contributed by atoms with Gasteiger partial charge in [0.2, 0.25) is 5.69 Å². The topological polar surface area (TPSA) is 85.5 Å². The van der Waals surface area contributed by atoms with Crippen LogP contribution in [0.25, 0.3) is 16.0 Å². The van der Waals surface area contributed by atoms with Crippen LogP contribution in [-0.4, -0.2) is 63.2 Å². The van der Waals surface area contributed by atoms with Crippen molar-refractivity contribution in [1.82, 2.24) is 4.90 Å². The zero-order valence-electron chi connectivity index (χ0n) is 20.1. The van der Waals surface area contributed by atoms with E-state index in [1.807, 2.05) is 17.9 Å². The number of rotatable bonds is 5. The number of carboxylic acids is 1. The second kappa shape index (κ2) is 9.50. The zero-order chi connectivity index (χ0) is 26.3. The van der Waals surface area contributed by atoms with Crippen molar-refractivity contribution in [3.05, 3.63) is 83.5 Å². The molecule has 2 aliphatic rings. The molecular weight excluding hydrogens is 495 g/mol. The second-order valence-electron chi connectivity index (χ2n) is 9.28. The standard InChI is InChI=1S/C27H25FN4O4S/c1-18-5-3-6-21(13-18)37(35,36)32-16-20-15-30(17-26(33)34)11-12-31(20)24-10-9-19(14-25(24)32)22-7-4-8-23(29-2)27(22)28/h3-10,13-14,20H,11-12,15-17H2,1H3,(H,33,34)/t20-/m0/s1. The number of hydrogen-bond donors (Lipinski definition) is 1. The van der Waals surface area contributed by atoms with Crippen molar-refractivity contribution in [3.8, 4) is 11.1 Å². The Morgan fingerprint density at radius 2 is 1.86 bits per heavy atom. The molecule has 0 bridgehead atoms. The van der Waals surface area contributed by atoms with Gasteiger partial charge < -0.3 is 10.0 Å². The monoisotopic (exact) mass is 520 g/mol. The summed E-state index contributed by atoms with van der Waals surface area (Å²) >= 11 is 0. The normalized spacial score (nSPS) is 17.6. The van der Waals surface area contributed by atoms with Gasteiger partial charge >= 0.3 is 5.97 Å². The first-order valence-electron chi connectivity index (χ1n) is 11.8. The Balaban J connectivity index is 1.64. The number of anilines is 2. The molecule has 37 heavy (non-hydrogen) atoms. The largest absolute Gasteiger partial charge is 0.480 e. The summed E-state index contributed by atoms with van der Waals surface area (Å²) in [6, 6.07) is 16.2. The van der Waals surface area contributed by atoms with Gasteiger partial charge in [-0.3, -0.25) is 14.0 Å². The lowest BCUT2D eigenvalue weighted by atomic mass is 9.99. The van der Waals surface area contributed by atoms with Gasteiger partial charge in [0.1, 0.15) is 5.82 Å². The number of halogens is 1. The predicted molar refractivity (Wildman–Crippen MR) is 139 cm³/mol. The lowest BCUT2D eigenvalue weighted by Crippen LogP contribution is -2.61. The number of aryl methyl sites for hydroxylation is 1. The van der Waals surface area contributed by atoms with Crippen LogP contribution in [0.4, 0.5) is 21.5 Å². The van der Waals surface area contributed by atoms with Crippen LogP contribution in [0.5, 0.6) is 0 Å². The number of benzene rings is 3.